The van der Waals surface area contributed by atoms with Crippen LogP contribution in [0, 0.1) is 11.8 Å². The molecule has 0 saturated carbocycles. The number of nitrogens with zero attached hydrogens (tertiary/aromatic N) is 1. The molecule has 0 bridgehead atoms. The van der Waals surface area contributed by atoms with Gasteiger partial charge in [0.2, 0.25) is 5.91 Å². The molecule has 86 valence electrons. The first-order valence-electron chi connectivity index (χ1n) is 5.86. The fraction of sp³-hybridized carbons (Fsp3) is 0.909. The molecule has 0 aromatic heterocycles. The summed E-state index contributed by atoms with van der Waals surface area (Å²) < 4.78 is 12.4. The van der Waals surface area contributed by atoms with E-state index in [1.165, 1.54) is 0 Å². The van der Waals surface area contributed by atoms with Crippen molar-refractivity contribution in [1.82, 2.24) is 10.2 Å². The summed E-state index contributed by atoms with van der Waals surface area (Å²) in [4.78, 5) is 13.9. The van der Waals surface area contributed by atoms with Crippen LogP contribution >= 0.6 is 0 Å². The third kappa shape index (κ3) is 2.48. The van der Waals surface area contributed by atoms with Crippen molar-refractivity contribution in [3.05, 3.63) is 0 Å². The molecule has 0 aromatic carbocycles. The zero-order valence-electron chi connectivity index (χ0n) is 9.04. The fourth-order valence-corrected chi connectivity index (χ4v) is 2.43. The molecule has 2 saturated heterocycles. The predicted octanol–water partition coefficient (Wildman–Crippen LogP) is 0.804. The standard InChI is InChI=1S/C11H19FN2O/c12-7-9-2-5-14(6-3-9)11(15)10-1-4-13-8-10/h9-10,13H,1-8H2/t10-/m0/s1. The predicted molar refractivity (Wildman–Crippen MR) is 56.3 cm³/mol. The van der Waals surface area contributed by atoms with Gasteiger partial charge >= 0.3 is 0 Å². The number of likely N-dealkylation sites (tertiary alicyclic amines) is 1. The normalized spacial score (nSPS) is 28.3. The van der Waals surface area contributed by atoms with Crippen molar-refractivity contribution < 1.29 is 9.18 Å². The van der Waals surface area contributed by atoms with Crippen molar-refractivity contribution in [2.24, 2.45) is 11.8 Å². The second kappa shape index (κ2) is 4.92. The van der Waals surface area contributed by atoms with Gasteiger partial charge in [-0.15, -0.1) is 0 Å². The third-order valence-electron chi connectivity index (χ3n) is 3.55. The van der Waals surface area contributed by atoms with Gasteiger partial charge in [0, 0.05) is 19.6 Å². The van der Waals surface area contributed by atoms with E-state index in [9.17, 15) is 9.18 Å². The second-order valence-electron chi connectivity index (χ2n) is 4.61. The highest BCUT2D eigenvalue weighted by Crippen LogP contribution is 2.20. The molecule has 15 heavy (non-hydrogen) atoms. The van der Waals surface area contributed by atoms with Crippen molar-refractivity contribution in [2.45, 2.75) is 19.3 Å². The van der Waals surface area contributed by atoms with Gasteiger partial charge in [0.15, 0.2) is 0 Å². The molecule has 1 amide bonds. The summed E-state index contributed by atoms with van der Waals surface area (Å²) >= 11 is 0. The largest absolute Gasteiger partial charge is 0.342 e. The van der Waals surface area contributed by atoms with Gasteiger partial charge in [-0.1, -0.05) is 0 Å². The van der Waals surface area contributed by atoms with E-state index in [-0.39, 0.29) is 24.4 Å². The number of piperidine rings is 1. The van der Waals surface area contributed by atoms with Crippen LogP contribution in [-0.4, -0.2) is 43.7 Å². The van der Waals surface area contributed by atoms with Gasteiger partial charge < -0.3 is 10.2 Å². The molecule has 3 nitrogen and oxygen atoms in total. The zero-order chi connectivity index (χ0) is 10.7. The smallest absolute Gasteiger partial charge is 0.227 e. The van der Waals surface area contributed by atoms with Crippen LogP contribution < -0.4 is 5.32 Å². The minimum absolute atomic E-state index is 0.173. The van der Waals surface area contributed by atoms with E-state index in [0.717, 1.165) is 45.4 Å². The number of rotatable bonds is 2. The Kier molecular flexibility index (Phi) is 3.57. The summed E-state index contributed by atoms with van der Waals surface area (Å²) in [7, 11) is 0. The molecule has 4 heteroatoms. The summed E-state index contributed by atoms with van der Waals surface area (Å²) in [5.41, 5.74) is 0. The first-order valence-corrected chi connectivity index (χ1v) is 5.86. The van der Waals surface area contributed by atoms with Crippen molar-refractivity contribution in [3.8, 4) is 0 Å². The van der Waals surface area contributed by atoms with Crippen LogP contribution in [0.4, 0.5) is 4.39 Å². The molecule has 0 unspecified atom stereocenters. The van der Waals surface area contributed by atoms with E-state index in [0.29, 0.717) is 0 Å². The first kappa shape index (κ1) is 10.9. The minimum atomic E-state index is -0.229. The Hall–Kier alpha value is -0.640. The van der Waals surface area contributed by atoms with Crippen LogP contribution in [0.5, 0.6) is 0 Å². The summed E-state index contributed by atoms with van der Waals surface area (Å²) in [5, 5.41) is 3.20. The molecule has 2 aliphatic rings. The van der Waals surface area contributed by atoms with Gasteiger partial charge in [0.1, 0.15) is 0 Å². The van der Waals surface area contributed by atoms with Gasteiger partial charge in [-0.05, 0) is 31.7 Å². The number of halogens is 1. The molecule has 1 atom stereocenters. The van der Waals surface area contributed by atoms with E-state index < -0.39 is 0 Å². The number of carbonyl (C=O) groups is 1. The zero-order valence-corrected chi connectivity index (χ0v) is 9.04. The summed E-state index contributed by atoms with van der Waals surface area (Å²) in [6, 6.07) is 0. The van der Waals surface area contributed by atoms with E-state index in [4.69, 9.17) is 0 Å². The topological polar surface area (TPSA) is 32.3 Å². The second-order valence-corrected chi connectivity index (χ2v) is 4.61. The van der Waals surface area contributed by atoms with Gasteiger partial charge in [-0.2, -0.15) is 0 Å². The van der Waals surface area contributed by atoms with E-state index >= 15 is 0 Å². The van der Waals surface area contributed by atoms with E-state index in [1.54, 1.807) is 0 Å². The third-order valence-corrected chi connectivity index (χ3v) is 3.55. The lowest BCUT2D eigenvalue weighted by atomic mass is 9.97. The lowest BCUT2D eigenvalue weighted by Crippen LogP contribution is -2.42. The molecule has 0 aliphatic carbocycles. The Balaban J connectivity index is 1.81. The molecule has 2 heterocycles. The summed E-state index contributed by atoms with van der Waals surface area (Å²) in [6.07, 6.45) is 2.63. The molecule has 2 fully saturated rings. The Morgan fingerprint density at radius 3 is 2.60 bits per heavy atom. The maximum atomic E-state index is 12.4. The van der Waals surface area contributed by atoms with Crippen LogP contribution in [-0.2, 0) is 4.79 Å². The fourth-order valence-electron chi connectivity index (χ4n) is 2.43. The van der Waals surface area contributed by atoms with Crippen LogP contribution in [0.1, 0.15) is 19.3 Å². The lowest BCUT2D eigenvalue weighted by molar-refractivity contribution is -0.136. The van der Waals surface area contributed by atoms with Crippen LogP contribution in [0.2, 0.25) is 0 Å². The molecular formula is C11H19FN2O. The average Bonchev–Trinajstić information content (AvgIpc) is 2.82. The SMILES string of the molecule is O=C([C@H]1CCNC1)N1CCC(CF)CC1. The monoisotopic (exact) mass is 214 g/mol. The number of hydrogen-bond acceptors (Lipinski definition) is 2. The average molecular weight is 214 g/mol. The van der Waals surface area contributed by atoms with Gasteiger partial charge in [0.25, 0.3) is 0 Å². The molecular weight excluding hydrogens is 195 g/mol. The van der Waals surface area contributed by atoms with E-state index in [2.05, 4.69) is 5.32 Å². The maximum absolute atomic E-state index is 12.4. The van der Waals surface area contributed by atoms with Crippen molar-refractivity contribution in [3.63, 3.8) is 0 Å². The summed E-state index contributed by atoms with van der Waals surface area (Å²) in [6.45, 7) is 3.06. The summed E-state index contributed by atoms with van der Waals surface area (Å²) in [5.74, 6) is 0.639. The minimum Gasteiger partial charge on any atom is -0.342 e. The molecule has 0 spiro atoms. The number of amides is 1. The first-order chi connectivity index (χ1) is 7.31. The van der Waals surface area contributed by atoms with Crippen molar-refractivity contribution in [2.75, 3.05) is 32.9 Å². The Morgan fingerprint density at radius 2 is 2.07 bits per heavy atom. The highest BCUT2D eigenvalue weighted by atomic mass is 19.1. The van der Waals surface area contributed by atoms with Crippen molar-refractivity contribution in [1.29, 1.82) is 0 Å². The van der Waals surface area contributed by atoms with Gasteiger partial charge in [-0.3, -0.25) is 9.18 Å². The highest BCUT2D eigenvalue weighted by molar-refractivity contribution is 5.79. The van der Waals surface area contributed by atoms with E-state index in [1.807, 2.05) is 4.90 Å². The van der Waals surface area contributed by atoms with Gasteiger partial charge in [0.05, 0.1) is 12.6 Å². The number of carbonyl (C=O) groups excluding carboxylic acids is 1. The molecule has 2 rings (SSSR count). The lowest BCUT2D eigenvalue weighted by Gasteiger charge is -2.32. The van der Waals surface area contributed by atoms with Gasteiger partial charge in [-0.25, -0.2) is 0 Å². The van der Waals surface area contributed by atoms with Crippen LogP contribution in [0.15, 0.2) is 0 Å². The molecule has 2 aliphatic heterocycles. The molecule has 0 radical (unpaired) electrons. The number of hydrogen-bond donors (Lipinski definition) is 1. The molecule has 0 aromatic rings. The van der Waals surface area contributed by atoms with Crippen LogP contribution in [0.3, 0.4) is 0 Å². The number of alkyl halides is 1. The Labute approximate surface area is 90.0 Å². The maximum Gasteiger partial charge on any atom is 0.227 e. The Bertz CT molecular complexity index is 221. The van der Waals surface area contributed by atoms with Crippen molar-refractivity contribution >= 4 is 5.91 Å². The highest BCUT2D eigenvalue weighted by Gasteiger charge is 2.29. The quantitative estimate of drug-likeness (QED) is 0.737. The van der Waals surface area contributed by atoms with Crippen LogP contribution in [0.25, 0.3) is 0 Å². The Morgan fingerprint density at radius 1 is 1.33 bits per heavy atom. The molecule has 1 N–H and O–H groups in total. The number of nitrogens with one attached hydrogen (secondary N) is 1.